The van der Waals surface area contributed by atoms with Gasteiger partial charge in [0.2, 0.25) is 5.88 Å². The molecule has 16 heavy (non-hydrogen) atoms. The van der Waals surface area contributed by atoms with Crippen LogP contribution in [0, 0.1) is 0 Å². The Morgan fingerprint density at radius 1 is 1.44 bits per heavy atom. The largest absolute Gasteiger partial charge is 0.474 e. The molecule has 1 atom stereocenters. The Kier molecular flexibility index (Phi) is 2.53. The van der Waals surface area contributed by atoms with Gasteiger partial charge in [-0.2, -0.15) is 0 Å². The first-order chi connectivity index (χ1) is 7.86. The fourth-order valence-corrected chi connectivity index (χ4v) is 2.32. The molecular weight excluding hydrogens is 204 g/mol. The highest BCUT2D eigenvalue weighted by Gasteiger charge is 2.43. The monoisotopic (exact) mass is 220 g/mol. The van der Waals surface area contributed by atoms with Crippen LogP contribution in [0.3, 0.4) is 0 Å². The van der Waals surface area contributed by atoms with Crippen LogP contribution >= 0.6 is 0 Å². The summed E-state index contributed by atoms with van der Waals surface area (Å²) in [5, 5.41) is 3.26. The van der Waals surface area contributed by atoms with Gasteiger partial charge in [-0.15, -0.1) is 0 Å². The highest BCUT2D eigenvalue weighted by molar-refractivity contribution is 5.10. The van der Waals surface area contributed by atoms with E-state index in [-0.39, 0.29) is 11.7 Å². The lowest BCUT2D eigenvalue weighted by molar-refractivity contribution is -0.138. The van der Waals surface area contributed by atoms with E-state index in [4.69, 9.17) is 9.47 Å². The SMILES string of the molecule is c1ccc(O[C@@H]2CCOC3(CNC3)C2)nc1. The molecule has 4 heteroatoms. The predicted octanol–water partition coefficient (Wildman–Crippen LogP) is 0.981. The van der Waals surface area contributed by atoms with Crippen LogP contribution in [0.15, 0.2) is 24.4 Å². The third-order valence-electron chi connectivity index (χ3n) is 3.27. The van der Waals surface area contributed by atoms with Crippen molar-refractivity contribution in [3.63, 3.8) is 0 Å². The molecule has 0 bridgehead atoms. The molecule has 2 aliphatic heterocycles. The van der Waals surface area contributed by atoms with Crippen molar-refractivity contribution in [3.8, 4) is 5.88 Å². The van der Waals surface area contributed by atoms with E-state index >= 15 is 0 Å². The van der Waals surface area contributed by atoms with Crippen LogP contribution in [0.25, 0.3) is 0 Å². The maximum atomic E-state index is 5.87. The molecule has 3 heterocycles. The lowest BCUT2D eigenvalue weighted by atomic mass is 9.87. The van der Waals surface area contributed by atoms with Gasteiger partial charge >= 0.3 is 0 Å². The number of rotatable bonds is 2. The first kappa shape index (κ1) is 10.1. The summed E-state index contributed by atoms with van der Waals surface area (Å²) in [6.45, 7) is 2.70. The Balaban J connectivity index is 1.63. The fourth-order valence-electron chi connectivity index (χ4n) is 2.32. The van der Waals surface area contributed by atoms with Gasteiger partial charge in [-0.3, -0.25) is 0 Å². The second-order valence-corrected chi connectivity index (χ2v) is 4.54. The van der Waals surface area contributed by atoms with Crippen LogP contribution in [-0.2, 0) is 4.74 Å². The average molecular weight is 220 g/mol. The van der Waals surface area contributed by atoms with E-state index in [1.807, 2.05) is 18.2 Å². The average Bonchev–Trinajstić information content (AvgIpc) is 2.29. The van der Waals surface area contributed by atoms with Crippen molar-refractivity contribution in [3.05, 3.63) is 24.4 Å². The van der Waals surface area contributed by atoms with E-state index in [0.29, 0.717) is 0 Å². The first-order valence-electron chi connectivity index (χ1n) is 5.79. The van der Waals surface area contributed by atoms with Gasteiger partial charge < -0.3 is 14.8 Å². The fraction of sp³-hybridized carbons (Fsp3) is 0.583. The molecule has 1 spiro atoms. The Morgan fingerprint density at radius 2 is 2.38 bits per heavy atom. The molecule has 0 aliphatic carbocycles. The number of hydrogen-bond donors (Lipinski definition) is 1. The van der Waals surface area contributed by atoms with E-state index in [1.165, 1.54) is 0 Å². The van der Waals surface area contributed by atoms with Crippen molar-refractivity contribution in [1.29, 1.82) is 0 Å². The number of pyridine rings is 1. The first-order valence-corrected chi connectivity index (χ1v) is 5.79. The summed E-state index contributed by atoms with van der Waals surface area (Å²) in [5.41, 5.74) is 0.0394. The Hall–Kier alpha value is -1.13. The molecule has 3 rings (SSSR count). The second-order valence-electron chi connectivity index (χ2n) is 4.54. The van der Waals surface area contributed by atoms with E-state index in [0.717, 1.165) is 38.4 Å². The van der Waals surface area contributed by atoms with Gasteiger partial charge in [-0.25, -0.2) is 4.98 Å². The molecule has 0 radical (unpaired) electrons. The summed E-state index contributed by atoms with van der Waals surface area (Å²) in [7, 11) is 0. The standard InChI is InChI=1S/C12H16N2O2/c1-2-5-14-11(3-1)16-10-4-6-15-12(7-10)8-13-9-12/h1-3,5,10,13H,4,6-9H2/t10-/m1/s1. The Morgan fingerprint density at radius 3 is 3.06 bits per heavy atom. The van der Waals surface area contributed by atoms with Crippen LogP contribution in [0.1, 0.15) is 12.8 Å². The molecule has 4 nitrogen and oxygen atoms in total. The van der Waals surface area contributed by atoms with Gasteiger partial charge in [-0.1, -0.05) is 6.07 Å². The van der Waals surface area contributed by atoms with Crippen LogP contribution < -0.4 is 10.1 Å². The lowest BCUT2D eigenvalue weighted by Crippen LogP contribution is -2.64. The molecule has 86 valence electrons. The van der Waals surface area contributed by atoms with Crippen LogP contribution in [0.4, 0.5) is 0 Å². The van der Waals surface area contributed by atoms with Gasteiger partial charge in [-0.05, 0) is 6.07 Å². The van der Waals surface area contributed by atoms with Gasteiger partial charge in [0.1, 0.15) is 6.10 Å². The predicted molar refractivity (Wildman–Crippen MR) is 59.4 cm³/mol. The van der Waals surface area contributed by atoms with Crippen molar-refractivity contribution in [1.82, 2.24) is 10.3 Å². The van der Waals surface area contributed by atoms with Gasteiger partial charge in [0, 0.05) is 38.2 Å². The molecule has 0 aromatic carbocycles. The summed E-state index contributed by atoms with van der Waals surface area (Å²) in [4.78, 5) is 4.19. The maximum absolute atomic E-state index is 5.87. The molecule has 2 fully saturated rings. The van der Waals surface area contributed by atoms with Crippen molar-refractivity contribution in [2.24, 2.45) is 0 Å². The summed E-state index contributed by atoms with van der Waals surface area (Å²) in [5.74, 6) is 0.719. The number of aromatic nitrogens is 1. The van der Waals surface area contributed by atoms with Gasteiger partial charge in [0.15, 0.2) is 0 Å². The van der Waals surface area contributed by atoms with Crippen molar-refractivity contribution in [2.75, 3.05) is 19.7 Å². The van der Waals surface area contributed by atoms with Crippen LogP contribution in [0.2, 0.25) is 0 Å². The molecule has 0 amide bonds. The zero-order chi connectivity index (χ0) is 10.8. The molecule has 1 aromatic heterocycles. The third-order valence-corrected chi connectivity index (χ3v) is 3.27. The topological polar surface area (TPSA) is 43.4 Å². The molecule has 0 saturated carbocycles. The van der Waals surface area contributed by atoms with E-state index < -0.39 is 0 Å². The molecule has 1 aromatic rings. The molecule has 2 saturated heterocycles. The zero-order valence-electron chi connectivity index (χ0n) is 9.19. The molecule has 2 aliphatic rings. The van der Waals surface area contributed by atoms with Crippen molar-refractivity contribution < 1.29 is 9.47 Å². The normalized spacial score (nSPS) is 27.4. The number of nitrogens with zero attached hydrogens (tertiary/aromatic N) is 1. The second kappa shape index (κ2) is 4.03. The molecule has 1 N–H and O–H groups in total. The van der Waals surface area contributed by atoms with E-state index in [9.17, 15) is 0 Å². The summed E-state index contributed by atoms with van der Waals surface area (Å²) in [6, 6.07) is 5.75. The Labute approximate surface area is 95.0 Å². The molecule has 0 unspecified atom stereocenters. The number of hydrogen-bond acceptors (Lipinski definition) is 4. The highest BCUT2D eigenvalue weighted by Crippen LogP contribution is 2.30. The minimum Gasteiger partial charge on any atom is -0.474 e. The minimum absolute atomic E-state index is 0.0394. The van der Waals surface area contributed by atoms with Crippen LogP contribution in [-0.4, -0.2) is 36.4 Å². The summed E-state index contributed by atoms with van der Waals surface area (Å²) < 4.78 is 11.7. The third kappa shape index (κ3) is 1.90. The number of nitrogens with one attached hydrogen (secondary N) is 1. The smallest absolute Gasteiger partial charge is 0.213 e. The highest BCUT2D eigenvalue weighted by atomic mass is 16.5. The summed E-state index contributed by atoms with van der Waals surface area (Å²) in [6.07, 6.45) is 3.93. The van der Waals surface area contributed by atoms with Gasteiger partial charge in [0.05, 0.1) is 12.2 Å². The Bertz CT molecular complexity index is 351. The number of ether oxygens (including phenoxy) is 2. The zero-order valence-corrected chi connectivity index (χ0v) is 9.19. The van der Waals surface area contributed by atoms with E-state index in [1.54, 1.807) is 6.20 Å². The van der Waals surface area contributed by atoms with Crippen molar-refractivity contribution >= 4 is 0 Å². The van der Waals surface area contributed by atoms with Crippen molar-refractivity contribution in [2.45, 2.75) is 24.5 Å². The quantitative estimate of drug-likeness (QED) is 0.807. The van der Waals surface area contributed by atoms with E-state index in [2.05, 4.69) is 10.3 Å². The van der Waals surface area contributed by atoms with Gasteiger partial charge in [0.25, 0.3) is 0 Å². The summed E-state index contributed by atoms with van der Waals surface area (Å²) >= 11 is 0. The lowest BCUT2D eigenvalue weighted by Gasteiger charge is -2.47. The molecular formula is C12H16N2O2. The minimum atomic E-state index is 0.0394. The maximum Gasteiger partial charge on any atom is 0.213 e. The van der Waals surface area contributed by atoms with Crippen LogP contribution in [0.5, 0.6) is 5.88 Å².